The highest BCUT2D eigenvalue weighted by Crippen LogP contribution is 2.34. The van der Waals surface area contributed by atoms with E-state index in [2.05, 4.69) is 36.6 Å². The summed E-state index contributed by atoms with van der Waals surface area (Å²) in [4.78, 5) is 21.6. The van der Waals surface area contributed by atoms with Gasteiger partial charge in [-0.1, -0.05) is 44.0 Å². The van der Waals surface area contributed by atoms with E-state index in [1.165, 1.54) is 36.4 Å². The molecule has 0 saturated heterocycles. The molecule has 132 valence electrons. The minimum atomic E-state index is -2.93. The van der Waals surface area contributed by atoms with Crippen molar-refractivity contribution in [3.8, 4) is 5.75 Å². The number of ether oxygens (including phenoxy) is 1. The fourth-order valence-corrected chi connectivity index (χ4v) is 3.16. The summed E-state index contributed by atoms with van der Waals surface area (Å²) in [5.74, 6) is -0.313. The number of halogens is 4. The van der Waals surface area contributed by atoms with Crippen LogP contribution < -0.4 is 4.74 Å². The SMILES string of the molecule is O=C(c1ccc(OC(F)F)cc1)[C@H](Br)[C@@H](Br)c1ccc([N+](=O)[O-])cc1. The molecule has 0 aliphatic heterocycles. The van der Waals surface area contributed by atoms with Crippen LogP contribution in [0.15, 0.2) is 48.5 Å². The van der Waals surface area contributed by atoms with Crippen molar-refractivity contribution >= 4 is 43.3 Å². The highest BCUT2D eigenvalue weighted by Gasteiger charge is 2.26. The van der Waals surface area contributed by atoms with Gasteiger partial charge in [0, 0.05) is 17.7 Å². The third-order valence-electron chi connectivity index (χ3n) is 3.29. The van der Waals surface area contributed by atoms with Crippen LogP contribution >= 0.6 is 31.9 Å². The molecule has 2 rings (SSSR count). The van der Waals surface area contributed by atoms with E-state index in [-0.39, 0.29) is 17.2 Å². The molecule has 0 fully saturated rings. The fourth-order valence-electron chi connectivity index (χ4n) is 2.04. The van der Waals surface area contributed by atoms with Crippen LogP contribution in [-0.4, -0.2) is 22.1 Å². The lowest BCUT2D eigenvalue weighted by Gasteiger charge is -2.16. The van der Waals surface area contributed by atoms with E-state index >= 15 is 0 Å². The lowest BCUT2D eigenvalue weighted by Crippen LogP contribution is -2.19. The Morgan fingerprint density at radius 2 is 1.60 bits per heavy atom. The molecule has 0 saturated carbocycles. The molecule has 9 heteroatoms. The molecule has 0 N–H and O–H groups in total. The first-order chi connectivity index (χ1) is 11.8. The zero-order chi connectivity index (χ0) is 18.6. The Kier molecular flexibility index (Phi) is 6.60. The lowest BCUT2D eigenvalue weighted by atomic mass is 10.0. The summed E-state index contributed by atoms with van der Waals surface area (Å²) in [5, 5.41) is 10.7. The average molecular weight is 479 g/mol. The van der Waals surface area contributed by atoms with Crippen LogP contribution in [0.4, 0.5) is 14.5 Å². The molecule has 5 nitrogen and oxygen atoms in total. The van der Waals surface area contributed by atoms with Crippen LogP contribution in [0.25, 0.3) is 0 Å². The Balaban J connectivity index is 2.11. The zero-order valence-corrected chi connectivity index (χ0v) is 15.6. The summed E-state index contributed by atoms with van der Waals surface area (Å²) in [7, 11) is 0. The maximum absolute atomic E-state index is 12.5. The van der Waals surface area contributed by atoms with Crippen LogP contribution in [0.5, 0.6) is 5.75 Å². The quantitative estimate of drug-likeness (QED) is 0.235. The number of nitrogens with zero attached hydrogens (tertiary/aromatic N) is 1. The van der Waals surface area contributed by atoms with Gasteiger partial charge in [-0.3, -0.25) is 14.9 Å². The van der Waals surface area contributed by atoms with Gasteiger partial charge in [0.15, 0.2) is 5.78 Å². The first kappa shape index (κ1) is 19.5. The van der Waals surface area contributed by atoms with Gasteiger partial charge >= 0.3 is 6.61 Å². The normalized spacial score (nSPS) is 13.3. The molecule has 2 aromatic carbocycles. The Bertz CT molecular complexity index is 754. The number of benzene rings is 2. The summed E-state index contributed by atoms with van der Waals surface area (Å²) in [6, 6.07) is 11.2. The molecule has 0 radical (unpaired) electrons. The number of rotatable bonds is 7. The van der Waals surface area contributed by atoms with Gasteiger partial charge in [-0.25, -0.2) is 0 Å². The Morgan fingerprint density at radius 3 is 2.08 bits per heavy atom. The number of non-ortho nitro benzene ring substituents is 1. The molecule has 0 aliphatic carbocycles. The van der Waals surface area contributed by atoms with Crippen LogP contribution in [0.2, 0.25) is 0 Å². The van der Waals surface area contributed by atoms with Gasteiger partial charge in [0.1, 0.15) is 5.75 Å². The van der Waals surface area contributed by atoms with E-state index in [9.17, 15) is 23.7 Å². The number of carbonyl (C=O) groups is 1. The maximum atomic E-state index is 12.5. The summed E-state index contributed by atoms with van der Waals surface area (Å²) in [6.45, 7) is -2.93. The van der Waals surface area contributed by atoms with Gasteiger partial charge < -0.3 is 4.74 Å². The van der Waals surface area contributed by atoms with E-state index in [1.54, 1.807) is 12.1 Å². The molecule has 2 aromatic rings. The topological polar surface area (TPSA) is 69.4 Å². The molecular formula is C16H11Br2F2NO4. The second kappa shape index (κ2) is 8.48. The van der Waals surface area contributed by atoms with Gasteiger partial charge in [0.2, 0.25) is 0 Å². The van der Waals surface area contributed by atoms with Crippen LogP contribution in [0.1, 0.15) is 20.7 Å². The number of alkyl halides is 4. The first-order valence-electron chi connectivity index (χ1n) is 6.91. The van der Waals surface area contributed by atoms with Crippen molar-refractivity contribution < 1.29 is 23.2 Å². The molecule has 0 aliphatic rings. The van der Waals surface area contributed by atoms with Crippen molar-refractivity contribution in [3.63, 3.8) is 0 Å². The maximum Gasteiger partial charge on any atom is 0.387 e. The fraction of sp³-hybridized carbons (Fsp3) is 0.188. The van der Waals surface area contributed by atoms with Crippen molar-refractivity contribution in [2.24, 2.45) is 0 Å². The Morgan fingerprint density at radius 1 is 1.04 bits per heavy atom. The van der Waals surface area contributed by atoms with E-state index in [1.807, 2.05) is 0 Å². The van der Waals surface area contributed by atoms with Crippen LogP contribution in [0.3, 0.4) is 0 Å². The first-order valence-corrected chi connectivity index (χ1v) is 8.74. The predicted molar refractivity (Wildman–Crippen MR) is 94.9 cm³/mol. The minimum absolute atomic E-state index is 0.0385. The highest BCUT2D eigenvalue weighted by molar-refractivity contribution is 9.12. The number of hydrogen-bond donors (Lipinski definition) is 0. The number of Topliss-reactive ketones (excluding diaryl/α,β-unsaturated/α-hetero) is 1. The predicted octanol–water partition coefficient (Wildman–Crippen LogP) is 5.28. The van der Waals surface area contributed by atoms with Crippen molar-refractivity contribution in [2.75, 3.05) is 0 Å². The molecule has 25 heavy (non-hydrogen) atoms. The Hall–Kier alpha value is -1.87. The van der Waals surface area contributed by atoms with Gasteiger partial charge in [-0.15, -0.1) is 0 Å². The molecular weight excluding hydrogens is 468 g/mol. The monoisotopic (exact) mass is 477 g/mol. The van der Waals surface area contributed by atoms with Crippen molar-refractivity contribution in [1.82, 2.24) is 0 Å². The lowest BCUT2D eigenvalue weighted by molar-refractivity contribution is -0.384. The number of ketones is 1. The van der Waals surface area contributed by atoms with Crippen molar-refractivity contribution in [2.45, 2.75) is 16.3 Å². The van der Waals surface area contributed by atoms with Gasteiger partial charge in [-0.2, -0.15) is 8.78 Å². The highest BCUT2D eigenvalue weighted by atomic mass is 79.9. The van der Waals surface area contributed by atoms with Gasteiger partial charge in [0.05, 0.1) is 14.6 Å². The average Bonchev–Trinajstić information content (AvgIpc) is 2.60. The molecule has 2 atom stereocenters. The molecule has 0 aromatic heterocycles. The molecule has 0 amide bonds. The zero-order valence-electron chi connectivity index (χ0n) is 12.4. The standard InChI is InChI=1S/C16H11Br2F2NO4/c17-13(9-1-5-11(6-2-9)21(23)24)14(18)15(22)10-3-7-12(8-4-10)25-16(19)20/h1-8,13-14,16H/t13-,14+/m0/s1. The number of carbonyl (C=O) groups excluding carboxylic acids is 1. The van der Waals surface area contributed by atoms with E-state index < -0.39 is 21.2 Å². The number of hydrogen-bond acceptors (Lipinski definition) is 4. The number of nitro groups is 1. The molecule has 0 spiro atoms. The third-order valence-corrected chi connectivity index (χ3v) is 6.01. The largest absolute Gasteiger partial charge is 0.435 e. The van der Waals surface area contributed by atoms with Crippen molar-refractivity contribution in [3.05, 3.63) is 69.8 Å². The third kappa shape index (κ3) is 5.05. The van der Waals surface area contributed by atoms with E-state index in [0.29, 0.717) is 11.1 Å². The van der Waals surface area contributed by atoms with E-state index in [4.69, 9.17) is 0 Å². The number of nitro benzene ring substituents is 1. The Labute approximate surface area is 158 Å². The van der Waals surface area contributed by atoms with Crippen molar-refractivity contribution in [1.29, 1.82) is 0 Å². The molecule has 0 heterocycles. The summed E-state index contributed by atoms with van der Waals surface area (Å²) in [6.07, 6.45) is 0. The summed E-state index contributed by atoms with van der Waals surface area (Å²) in [5.41, 5.74) is 0.948. The smallest absolute Gasteiger partial charge is 0.387 e. The molecule has 0 unspecified atom stereocenters. The second-order valence-corrected chi connectivity index (χ2v) is 6.89. The molecule has 0 bridgehead atoms. The van der Waals surface area contributed by atoms with Crippen LogP contribution in [0, 0.1) is 10.1 Å². The van der Waals surface area contributed by atoms with Gasteiger partial charge in [-0.05, 0) is 29.8 Å². The van der Waals surface area contributed by atoms with Gasteiger partial charge in [0.25, 0.3) is 5.69 Å². The summed E-state index contributed by atoms with van der Waals surface area (Å²) < 4.78 is 28.5. The summed E-state index contributed by atoms with van der Waals surface area (Å²) >= 11 is 6.70. The van der Waals surface area contributed by atoms with Crippen LogP contribution in [-0.2, 0) is 0 Å². The van der Waals surface area contributed by atoms with E-state index in [0.717, 1.165) is 0 Å². The minimum Gasteiger partial charge on any atom is -0.435 e. The second-order valence-electron chi connectivity index (χ2n) is 4.92.